The van der Waals surface area contributed by atoms with Crippen molar-refractivity contribution in [2.75, 3.05) is 0 Å². The van der Waals surface area contributed by atoms with Crippen molar-refractivity contribution in [3.8, 4) is 11.8 Å². The van der Waals surface area contributed by atoms with E-state index in [0.717, 1.165) is 5.56 Å². The molecular weight excluding hydrogens is 236 g/mol. The molecule has 0 fully saturated rings. The fourth-order valence-electron chi connectivity index (χ4n) is 1.60. The number of benzene rings is 2. The summed E-state index contributed by atoms with van der Waals surface area (Å²) >= 11 is 0. The third-order valence-electron chi connectivity index (χ3n) is 2.63. The van der Waals surface area contributed by atoms with E-state index in [1.54, 1.807) is 24.3 Å². The Kier molecular flexibility index (Phi) is 3.90. The van der Waals surface area contributed by atoms with Crippen LogP contribution < -0.4 is 0 Å². The SMILES string of the molecule is CC(=O)c1cccc(C(=O)C#Cc2ccccc2)c1. The lowest BCUT2D eigenvalue weighted by atomic mass is 10.1. The first kappa shape index (κ1) is 12.8. The minimum absolute atomic E-state index is 0.0642. The highest BCUT2D eigenvalue weighted by Crippen LogP contribution is 2.07. The van der Waals surface area contributed by atoms with Crippen LogP contribution in [0, 0.1) is 11.8 Å². The predicted molar refractivity (Wildman–Crippen MR) is 74.1 cm³/mol. The lowest BCUT2D eigenvalue weighted by Crippen LogP contribution is -1.99. The van der Waals surface area contributed by atoms with E-state index >= 15 is 0 Å². The van der Waals surface area contributed by atoms with Crippen LogP contribution in [0.2, 0.25) is 0 Å². The Morgan fingerprint density at radius 3 is 2.26 bits per heavy atom. The van der Waals surface area contributed by atoms with E-state index in [-0.39, 0.29) is 11.6 Å². The smallest absolute Gasteiger partial charge is 0.236 e. The standard InChI is InChI=1S/C17H12O2/c1-13(18)15-8-5-9-16(12-15)17(19)11-10-14-6-3-2-4-7-14/h2-9,12H,1H3. The zero-order valence-electron chi connectivity index (χ0n) is 10.5. The Morgan fingerprint density at radius 2 is 1.58 bits per heavy atom. The molecule has 2 nitrogen and oxygen atoms in total. The van der Waals surface area contributed by atoms with E-state index < -0.39 is 0 Å². The number of carbonyl (C=O) groups is 2. The van der Waals surface area contributed by atoms with Crippen LogP contribution >= 0.6 is 0 Å². The van der Waals surface area contributed by atoms with Crippen molar-refractivity contribution >= 4 is 11.6 Å². The monoisotopic (exact) mass is 248 g/mol. The number of carbonyl (C=O) groups excluding carboxylic acids is 2. The van der Waals surface area contributed by atoms with Crippen molar-refractivity contribution in [2.45, 2.75) is 6.92 Å². The zero-order chi connectivity index (χ0) is 13.7. The van der Waals surface area contributed by atoms with Crippen LogP contribution in [0.25, 0.3) is 0 Å². The van der Waals surface area contributed by atoms with E-state index in [1.807, 2.05) is 30.3 Å². The Hall–Kier alpha value is -2.66. The molecule has 0 atom stereocenters. The fraction of sp³-hybridized carbons (Fsp3) is 0.0588. The second kappa shape index (κ2) is 5.79. The van der Waals surface area contributed by atoms with Gasteiger partial charge in [0, 0.05) is 16.7 Å². The minimum atomic E-state index is -0.285. The summed E-state index contributed by atoms with van der Waals surface area (Å²) in [7, 11) is 0. The van der Waals surface area contributed by atoms with Gasteiger partial charge in [-0.15, -0.1) is 0 Å². The molecule has 2 aromatic rings. The van der Waals surface area contributed by atoms with Gasteiger partial charge < -0.3 is 0 Å². The molecule has 0 bridgehead atoms. The van der Waals surface area contributed by atoms with Gasteiger partial charge in [0.05, 0.1) is 0 Å². The molecule has 92 valence electrons. The Labute approximate surface area is 112 Å². The van der Waals surface area contributed by atoms with Gasteiger partial charge >= 0.3 is 0 Å². The van der Waals surface area contributed by atoms with Crippen molar-refractivity contribution in [3.63, 3.8) is 0 Å². The molecule has 0 N–H and O–H groups in total. The summed E-state index contributed by atoms with van der Waals surface area (Å²) in [5, 5.41) is 0. The van der Waals surface area contributed by atoms with Crippen LogP contribution in [0.1, 0.15) is 33.2 Å². The Bertz CT molecular complexity index is 673. The van der Waals surface area contributed by atoms with E-state index in [4.69, 9.17) is 0 Å². The number of ketones is 2. The van der Waals surface area contributed by atoms with Crippen LogP contribution in [0.4, 0.5) is 0 Å². The van der Waals surface area contributed by atoms with Crippen LogP contribution in [-0.2, 0) is 0 Å². The molecule has 0 aliphatic rings. The molecule has 19 heavy (non-hydrogen) atoms. The van der Waals surface area contributed by atoms with Crippen molar-refractivity contribution in [1.82, 2.24) is 0 Å². The summed E-state index contributed by atoms with van der Waals surface area (Å²) < 4.78 is 0. The van der Waals surface area contributed by atoms with E-state index in [0.29, 0.717) is 11.1 Å². The molecule has 0 aliphatic carbocycles. The number of hydrogen-bond donors (Lipinski definition) is 0. The first-order valence-electron chi connectivity index (χ1n) is 5.89. The second-order valence-corrected chi connectivity index (χ2v) is 4.08. The molecule has 0 aromatic heterocycles. The van der Waals surface area contributed by atoms with Gasteiger partial charge in [-0.05, 0) is 31.0 Å². The average Bonchev–Trinajstić information content (AvgIpc) is 2.46. The van der Waals surface area contributed by atoms with Gasteiger partial charge in [0.15, 0.2) is 5.78 Å². The first-order valence-corrected chi connectivity index (χ1v) is 5.89. The lowest BCUT2D eigenvalue weighted by molar-refractivity contribution is 0.101. The van der Waals surface area contributed by atoms with Gasteiger partial charge in [0.2, 0.25) is 5.78 Å². The molecule has 2 aromatic carbocycles. The molecular formula is C17H12O2. The van der Waals surface area contributed by atoms with Crippen LogP contribution in [0.15, 0.2) is 54.6 Å². The molecule has 2 heteroatoms. The van der Waals surface area contributed by atoms with Gasteiger partial charge in [0.1, 0.15) is 0 Å². The molecule has 0 aliphatic heterocycles. The molecule has 0 saturated carbocycles. The highest BCUT2D eigenvalue weighted by molar-refractivity contribution is 6.10. The van der Waals surface area contributed by atoms with Gasteiger partial charge in [-0.1, -0.05) is 42.3 Å². The van der Waals surface area contributed by atoms with Gasteiger partial charge in [-0.3, -0.25) is 9.59 Å². The van der Waals surface area contributed by atoms with Crippen molar-refractivity contribution in [1.29, 1.82) is 0 Å². The number of rotatable bonds is 2. The third kappa shape index (κ3) is 3.40. The summed E-state index contributed by atoms with van der Waals surface area (Å²) in [5.74, 6) is 5.04. The highest BCUT2D eigenvalue weighted by atomic mass is 16.1. The Morgan fingerprint density at radius 1 is 0.895 bits per heavy atom. The first-order chi connectivity index (χ1) is 9.16. The molecule has 0 unspecified atom stereocenters. The molecule has 0 saturated heterocycles. The number of hydrogen-bond acceptors (Lipinski definition) is 2. The summed E-state index contributed by atoms with van der Waals surface area (Å²) in [5.41, 5.74) is 1.75. The molecule has 0 amide bonds. The fourth-order valence-corrected chi connectivity index (χ4v) is 1.60. The summed E-state index contributed by atoms with van der Waals surface area (Å²) in [6.45, 7) is 1.47. The lowest BCUT2D eigenvalue weighted by Gasteiger charge is -1.97. The average molecular weight is 248 g/mol. The van der Waals surface area contributed by atoms with Crippen molar-refractivity contribution in [2.24, 2.45) is 0 Å². The Balaban J connectivity index is 2.24. The predicted octanol–water partition coefficient (Wildman–Crippen LogP) is 3.12. The maximum absolute atomic E-state index is 11.9. The van der Waals surface area contributed by atoms with Crippen molar-refractivity contribution < 1.29 is 9.59 Å². The second-order valence-electron chi connectivity index (χ2n) is 4.08. The maximum atomic E-state index is 11.9. The largest absolute Gasteiger partial charge is 0.295 e. The van der Waals surface area contributed by atoms with Crippen LogP contribution in [-0.4, -0.2) is 11.6 Å². The zero-order valence-corrected chi connectivity index (χ0v) is 10.5. The number of Topliss-reactive ketones (excluding diaryl/α,β-unsaturated/α-hetero) is 2. The quantitative estimate of drug-likeness (QED) is 0.604. The van der Waals surface area contributed by atoms with E-state index in [1.165, 1.54) is 6.92 Å². The van der Waals surface area contributed by atoms with Crippen molar-refractivity contribution in [3.05, 3.63) is 71.3 Å². The topological polar surface area (TPSA) is 34.1 Å². The van der Waals surface area contributed by atoms with Gasteiger partial charge in [-0.2, -0.15) is 0 Å². The minimum Gasteiger partial charge on any atom is -0.295 e. The summed E-state index contributed by atoms with van der Waals surface area (Å²) in [6, 6.07) is 15.9. The summed E-state index contributed by atoms with van der Waals surface area (Å²) in [4.78, 5) is 23.2. The van der Waals surface area contributed by atoms with Gasteiger partial charge in [-0.25, -0.2) is 0 Å². The third-order valence-corrected chi connectivity index (χ3v) is 2.63. The van der Waals surface area contributed by atoms with Crippen LogP contribution in [0.5, 0.6) is 0 Å². The molecule has 0 spiro atoms. The van der Waals surface area contributed by atoms with Crippen LogP contribution in [0.3, 0.4) is 0 Å². The molecule has 0 heterocycles. The highest BCUT2D eigenvalue weighted by Gasteiger charge is 2.05. The van der Waals surface area contributed by atoms with E-state index in [2.05, 4.69) is 11.8 Å². The molecule has 0 radical (unpaired) electrons. The molecule has 2 rings (SSSR count). The summed E-state index contributed by atoms with van der Waals surface area (Å²) in [6.07, 6.45) is 0. The normalized spacial score (nSPS) is 9.32. The van der Waals surface area contributed by atoms with E-state index in [9.17, 15) is 9.59 Å². The maximum Gasteiger partial charge on any atom is 0.236 e. The van der Waals surface area contributed by atoms with Gasteiger partial charge in [0.25, 0.3) is 0 Å².